The van der Waals surface area contributed by atoms with Gasteiger partial charge in [-0.3, -0.25) is 4.68 Å². The molecule has 1 N–H and O–H groups in total. The molecule has 0 fully saturated rings. The number of aromatic nitrogens is 2. The van der Waals surface area contributed by atoms with E-state index in [4.69, 9.17) is 34.8 Å². The predicted octanol–water partition coefficient (Wildman–Crippen LogP) is 4.30. The molecular weight excluding hydrogens is 293 g/mol. The number of anilines is 1. The van der Waals surface area contributed by atoms with Crippen LogP contribution < -0.4 is 5.32 Å². The molecule has 0 saturated carbocycles. The molecule has 0 aliphatic heterocycles. The van der Waals surface area contributed by atoms with E-state index in [0.29, 0.717) is 27.4 Å². The topological polar surface area (TPSA) is 29.9 Å². The van der Waals surface area contributed by atoms with Crippen LogP contribution in [0.3, 0.4) is 0 Å². The molecule has 18 heavy (non-hydrogen) atoms. The van der Waals surface area contributed by atoms with Crippen molar-refractivity contribution < 1.29 is 0 Å². The van der Waals surface area contributed by atoms with Crippen LogP contribution in [-0.4, -0.2) is 9.78 Å². The molecule has 1 heterocycles. The van der Waals surface area contributed by atoms with Gasteiger partial charge in [-0.25, -0.2) is 0 Å². The van der Waals surface area contributed by atoms with Crippen LogP contribution in [0.2, 0.25) is 15.2 Å². The van der Waals surface area contributed by atoms with E-state index in [1.807, 2.05) is 6.92 Å². The van der Waals surface area contributed by atoms with Gasteiger partial charge < -0.3 is 5.32 Å². The number of benzene rings is 1. The highest BCUT2D eigenvalue weighted by atomic mass is 35.5. The highest BCUT2D eigenvalue weighted by molar-refractivity contribution is 6.39. The number of hydrogen-bond acceptors (Lipinski definition) is 2. The van der Waals surface area contributed by atoms with Gasteiger partial charge in [0.15, 0.2) is 0 Å². The highest BCUT2D eigenvalue weighted by Crippen LogP contribution is 2.31. The largest absolute Gasteiger partial charge is 0.378 e. The molecule has 0 aliphatic carbocycles. The van der Waals surface area contributed by atoms with Crippen molar-refractivity contribution in [3.63, 3.8) is 0 Å². The fourth-order valence-electron chi connectivity index (χ4n) is 1.72. The van der Waals surface area contributed by atoms with Gasteiger partial charge in [-0.1, -0.05) is 40.9 Å². The van der Waals surface area contributed by atoms with E-state index in [2.05, 4.69) is 10.4 Å². The fourth-order valence-corrected chi connectivity index (χ4v) is 2.49. The zero-order chi connectivity index (χ0) is 13.3. The lowest BCUT2D eigenvalue weighted by Gasteiger charge is -2.10. The smallest absolute Gasteiger partial charge is 0.131 e. The van der Waals surface area contributed by atoms with Crippen LogP contribution in [0, 0.1) is 6.92 Å². The number of halogens is 3. The minimum absolute atomic E-state index is 0.530. The molecule has 0 amide bonds. The van der Waals surface area contributed by atoms with Crippen molar-refractivity contribution in [2.24, 2.45) is 7.05 Å². The van der Waals surface area contributed by atoms with E-state index < -0.39 is 0 Å². The number of nitrogens with zero attached hydrogens (tertiary/aromatic N) is 2. The normalized spacial score (nSPS) is 10.7. The third kappa shape index (κ3) is 2.58. The lowest BCUT2D eigenvalue weighted by atomic mass is 10.2. The van der Waals surface area contributed by atoms with Crippen molar-refractivity contribution in [3.05, 3.63) is 44.7 Å². The van der Waals surface area contributed by atoms with Gasteiger partial charge in [0.1, 0.15) is 5.15 Å². The van der Waals surface area contributed by atoms with Crippen LogP contribution in [0.15, 0.2) is 18.2 Å². The van der Waals surface area contributed by atoms with Crippen molar-refractivity contribution in [2.45, 2.75) is 13.5 Å². The summed E-state index contributed by atoms with van der Waals surface area (Å²) in [5.74, 6) is 0. The number of hydrogen-bond donors (Lipinski definition) is 1. The highest BCUT2D eigenvalue weighted by Gasteiger charge is 2.12. The molecule has 96 valence electrons. The Morgan fingerprint density at radius 3 is 2.33 bits per heavy atom. The molecule has 0 spiro atoms. The maximum Gasteiger partial charge on any atom is 0.131 e. The molecule has 2 aromatic rings. The molecule has 0 atom stereocenters. The zero-order valence-corrected chi connectivity index (χ0v) is 12.2. The summed E-state index contributed by atoms with van der Waals surface area (Å²) in [6, 6.07) is 5.37. The van der Waals surface area contributed by atoms with Crippen LogP contribution >= 0.6 is 34.8 Å². The second-order valence-corrected chi connectivity index (χ2v) is 5.10. The summed E-state index contributed by atoms with van der Waals surface area (Å²) in [5, 5.41) is 9.22. The summed E-state index contributed by atoms with van der Waals surface area (Å²) < 4.78 is 1.64. The first-order valence-corrected chi connectivity index (χ1v) is 6.50. The Bertz CT molecular complexity index is 558. The third-order valence-corrected chi connectivity index (χ3v) is 3.78. The average molecular weight is 305 g/mol. The summed E-state index contributed by atoms with van der Waals surface area (Å²) >= 11 is 18.3. The molecule has 3 nitrogen and oxygen atoms in total. The Morgan fingerprint density at radius 1 is 1.22 bits per heavy atom. The second kappa shape index (κ2) is 5.39. The number of para-hydroxylation sites is 1. The first-order chi connectivity index (χ1) is 8.50. The molecule has 0 saturated heterocycles. The van der Waals surface area contributed by atoms with E-state index in [9.17, 15) is 0 Å². The van der Waals surface area contributed by atoms with Crippen molar-refractivity contribution in [1.29, 1.82) is 0 Å². The van der Waals surface area contributed by atoms with E-state index in [1.54, 1.807) is 29.9 Å². The van der Waals surface area contributed by atoms with Crippen molar-refractivity contribution in [1.82, 2.24) is 9.78 Å². The number of rotatable bonds is 3. The molecule has 1 aromatic heterocycles. The SMILES string of the molecule is Cc1nn(C)c(Cl)c1CNc1c(Cl)cccc1Cl. The molecular formula is C12H12Cl3N3. The summed E-state index contributed by atoms with van der Waals surface area (Å²) in [4.78, 5) is 0. The second-order valence-electron chi connectivity index (χ2n) is 3.93. The molecule has 6 heteroatoms. The standard InChI is InChI=1S/C12H12Cl3N3/c1-7-8(12(15)18(2)17-7)6-16-11-9(13)4-3-5-10(11)14/h3-5,16H,6H2,1-2H3. The van der Waals surface area contributed by atoms with Gasteiger partial charge in [0.05, 0.1) is 21.4 Å². The third-order valence-electron chi connectivity index (χ3n) is 2.67. The Labute approximate surface area is 121 Å². The van der Waals surface area contributed by atoms with Gasteiger partial charge in [0.25, 0.3) is 0 Å². The number of nitrogens with one attached hydrogen (secondary N) is 1. The maximum atomic E-state index is 6.15. The van der Waals surface area contributed by atoms with Gasteiger partial charge in [-0.05, 0) is 19.1 Å². The summed E-state index contributed by atoms with van der Waals surface area (Å²) in [7, 11) is 1.81. The van der Waals surface area contributed by atoms with Crippen LogP contribution in [0.1, 0.15) is 11.3 Å². The maximum absolute atomic E-state index is 6.15. The molecule has 2 rings (SSSR count). The van der Waals surface area contributed by atoms with Gasteiger partial charge in [-0.15, -0.1) is 0 Å². The van der Waals surface area contributed by atoms with Crippen LogP contribution in [0.4, 0.5) is 5.69 Å². The predicted molar refractivity (Wildman–Crippen MR) is 76.7 cm³/mol. The quantitative estimate of drug-likeness (QED) is 0.916. The van der Waals surface area contributed by atoms with Crippen LogP contribution in [0.5, 0.6) is 0 Å². The summed E-state index contributed by atoms with van der Waals surface area (Å²) in [5.41, 5.74) is 2.54. The first-order valence-electron chi connectivity index (χ1n) is 5.36. The Hall–Kier alpha value is -0.900. The Kier molecular flexibility index (Phi) is 4.05. The zero-order valence-electron chi connectivity index (χ0n) is 9.97. The van der Waals surface area contributed by atoms with Gasteiger partial charge in [0, 0.05) is 19.2 Å². The summed E-state index contributed by atoms with van der Waals surface area (Å²) in [6.07, 6.45) is 0. The minimum Gasteiger partial charge on any atom is -0.378 e. The molecule has 1 aromatic carbocycles. The van der Waals surface area contributed by atoms with Crippen molar-refractivity contribution >= 4 is 40.5 Å². The molecule has 0 unspecified atom stereocenters. The van der Waals surface area contributed by atoms with Crippen LogP contribution in [0.25, 0.3) is 0 Å². The lowest BCUT2D eigenvalue weighted by molar-refractivity contribution is 0.757. The number of aryl methyl sites for hydroxylation is 2. The van der Waals surface area contributed by atoms with E-state index in [0.717, 1.165) is 11.3 Å². The molecule has 0 bridgehead atoms. The van der Waals surface area contributed by atoms with E-state index >= 15 is 0 Å². The van der Waals surface area contributed by atoms with E-state index in [-0.39, 0.29) is 0 Å². The molecule has 0 aliphatic rings. The average Bonchev–Trinajstić information content (AvgIpc) is 2.54. The van der Waals surface area contributed by atoms with Gasteiger partial charge >= 0.3 is 0 Å². The summed E-state index contributed by atoms with van der Waals surface area (Å²) in [6.45, 7) is 2.44. The Morgan fingerprint density at radius 2 is 1.83 bits per heavy atom. The van der Waals surface area contributed by atoms with Gasteiger partial charge in [0.2, 0.25) is 0 Å². The van der Waals surface area contributed by atoms with E-state index in [1.165, 1.54) is 0 Å². The van der Waals surface area contributed by atoms with Gasteiger partial charge in [-0.2, -0.15) is 5.10 Å². The van der Waals surface area contributed by atoms with Crippen molar-refractivity contribution in [2.75, 3.05) is 5.32 Å². The fraction of sp³-hybridized carbons (Fsp3) is 0.250. The monoisotopic (exact) mass is 303 g/mol. The van der Waals surface area contributed by atoms with Crippen molar-refractivity contribution in [3.8, 4) is 0 Å². The molecule has 0 radical (unpaired) electrons. The Balaban J connectivity index is 2.22. The van der Waals surface area contributed by atoms with Crippen LogP contribution in [-0.2, 0) is 13.6 Å². The first kappa shape index (κ1) is 13.5. The minimum atomic E-state index is 0.530. The lowest BCUT2D eigenvalue weighted by Crippen LogP contribution is -2.02.